The van der Waals surface area contributed by atoms with Crippen LogP contribution < -0.4 is 15.4 Å². The summed E-state index contributed by atoms with van der Waals surface area (Å²) in [6, 6.07) is 12.3. The Morgan fingerprint density at radius 2 is 1.85 bits per heavy atom. The zero-order valence-electron chi connectivity index (χ0n) is 19.2. The number of nitrogens with two attached hydrogens (primary N) is 1. The number of carbonyl (C=O) groups excluding carboxylic acids is 1. The lowest BCUT2D eigenvalue weighted by Gasteiger charge is -2.39. The predicted octanol–water partition coefficient (Wildman–Crippen LogP) is 5.20. The van der Waals surface area contributed by atoms with Crippen LogP contribution in [-0.2, 0) is 17.6 Å². The van der Waals surface area contributed by atoms with Crippen molar-refractivity contribution in [1.82, 2.24) is 0 Å². The van der Waals surface area contributed by atoms with E-state index in [1.807, 2.05) is 36.1 Å². The number of hydrogen-bond donors (Lipinski definition) is 1. The van der Waals surface area contributed by atoms with Gasteiger partial charge in [0.05, 0.1) is 29.7 Å². The maximum absolute atomic E-state index is 13.3. The van der Waals surface area contributed by atoms with E-state index in [-0.39, 0.29) is 5.78 Å². The van der Waals surface area contributed by atoms with Gasteiger partial charge in [-0.1, -0.05) is 12.1 Å². The fourth-order valence-electron chi connectivity index (χ4n) is 5.40. The summed E-state index contributed by atoms with van der Waals surface area (Å²) >= 11 is 1.59. The molecule has 2 heterocycles. The van der Waals surface area contributed by atoms with Gasteiger partial charge in [0.15, 0.2) is 5.78 Å². The first-order valence-electron chi connectivity index (χ1n) is 11.8. The van der Waals surface area contributed by atoms with Crippen molar-refractivity contribution >= 4 is 22.1 Å². The Bertz CT molecular complexity index is 1300. The number of Topliss-reactive ketones (excluding diaryl/α,β-unsaturated/α-hetero) is 1. The molecular formula is C27H26N4O2S. The largest absolute Gasteiger partial charge is 0.494 e. The van der Waals surface area contributed by atoms with E-state index < -0.39 is 5.92 Å². The summed E-state index contributed by atoms with van der Waals surface area (Å²) in [6.45, 7) is 2.49. The van der Waals surface area contributed by atoms with Crippen LogP contribution in [-0.4, -0.2) is 12.4 Å². The molecule has 34 heavy (non-hydrogen) atoms. The van der Waals surface area contributed by atoms with E-state index in [0.717, 1.165) is 59.7 Å². The Balaban J connectivity index is 1.70. The number of ether oxygens (including phenoxy) is 1. The van der Waals surface area contributed by atoms with Crippen molar-refractivity contribution in [2.75, 3.05) is 11.5 Å². The fourth-order valence-corrected chi connectivity index (χ4v) is 6.78. The van der Waals surface area contributed by atoms with Crippen LogP contribution in [0.5, 0.6) is 5.75 Å². The molecule has 3 aliphatic rings. The molecule has 2 aliphatic carbocycles. The Kier molecular flexibility index (Phi) is 5.89. The zero-order valence-corrected chi connectivity index (χ0v) is 20.0. The molecule has 2 aromatic rings. The molecule has 172 valence electrons. The maximum atomic E-state index is 13.3. The van der Waals surface area contributed by atoms with Crippen LogP contribution in [0.1, 0.15) is 66.5 Å². The monoisotopic (exact) mass is 470 g/mol. The number of carbonyl (C=O) groups is 1. The molecule has 0 saturated heterocycles. The van der Waals surface area contributed by atoms with E-state index in [2.05, 4.69) is 12.1 Å². The Labute approximate surface area is 203 Å². The van der Waals surface area contributed by atoms with Crippen molar-refractivity contribution in [1.29, 1.82) is 10.5 Å². The first kappa shape index (κ1) is 22.3. The standard InChI is InChI=1S/C27H26N4O2S/c1-2-33-17-12-10-16(11-13-17)24-20(15-29)26(30)31(21-7-5-8-22(32)25(21)24)27-19(14-28)18-6-3-4-9-23(18)34-27/h10-13,24H,2-9,30H2,1H3/t24-/m0/s1. The average molecular weight is 471 g/mol. The normalized spacial score (nSPS) is 19.9. The summed E-state index contributed by atoms with van der Waals surface area (Å²) in [4.78, 5) is 16.4. The fraction of sp³-hybridized carbons (Fsp3) is 0.370. The molecule has 0 fully saturated rings. The third kappa shape index (κ3) is 3.48. The van der Waals surface area contributed by atoms with Gasteiger partial charge in [-0.15, -0.1) is 11.3 Å². The minimum atomic E-state index is -0.514. The van der Waals surface area contributed by atoms with Gasteiger partial charge in [0, 0.05) is 22.6 Å². The SMILES string of the molecule is CCOc1ccc([C@H]2C(C#N)=C(N)N(c3sc4c(c3C#N)CCCC4)C3=C2C(=O)CCC3)cc1. The molecule has 0 spiro atoms. The first-order chi connectivity index (χ1) is 16.6. The van der Waals surface area contributed by atoms with Crippen LogP contribution in [0.25, 0.3) is 0 Å². The number of thiophene rings is 1. The average Bonchev–Trinajstić information content (AvgIpc) is 3.22. The van der Waals surface area contributed by atoms with E-state index in [0.29, 0.717) is 42.0 Å². The number of rotatable bonds is 4. The number of ketones is 1. The van der Waals surface area contributed by atoms with Gasteiger partial charge < -0.3 is 10.5 Å². The highest BCUT2D eigenvalue weighted by atomic mass is 32.1. The second-order valence-electron chi connectivity index (χ2n) is 8.82. The topological polar surface area (TPSA) is 103 Å². The molecule has 0 saturated carbocycles. The molecule has 1 aromatic carbocycles. The van der Waals surface area contributed by atoms with Crippen molar-refractivity contribution < 1.29 is 9.53 Å². The summed E-state index contributed by atoms with van der Waals surface area (Å²) in [5.41, 5.74) is 11.1. The number of aryl methyl sites for hydroxylation is 1. The van der Waals surface area contributed by atoms with E-state index in [1.165, 1.54) is 4.88 Å². The molecule has 0 amide bonds. The molecule has 1 aliphatic heterocycles. The molecule has 2 N–H and O–H groups in total. The summed E-state index contributed by atoms with van der Waals surface area (Å²) in [5.74, 6) is 0.598. The van der Waals surface area contributed by atoms with Gasteiger partial charge in [-0.25, -0.2) is 0 Å². The molecule has 5 rings (SSSR count). The second kappa shape index (κ2) is 9.00. The Hall–Kier alpha value is -3.55. The number of nitrogens with zero attached hydrogens (tertiary/aromatic N) is 3. The lowest BCUT2D eigenvalue weighted by molar-refractivity contribution is -0.116. The van der Waals surface area contributed by atoms with Crippen molar-refractivity contribution in [3.63, 3.8) is 0 Å². The highest BCUT2D eigenvalue weighted by Gasteiger charge is 2.41. The minimum Gasteiger partial charge on any atom is -0.494 e. The summed E-state index contributed by atoms with van der Waals surface area (Å²) in [7, 11) is 0. The molecule has 0 unspecified atom stereocenters. The van der Waals surface area contributed by atoms with Crippen LogP contribution in [0.15, 0.2) is 46.9 Å². The Morgan fingerprint density at radius 1 is 1.09 bits per heavy atom. The predicted molar refractivity (Wildman–Crippen MR) is 131 cm³/mol. The van der Waals surface area contributed by atoms with Crippen molar-refractivity contribution in [3.05, 3.63) is 68.5 Å². The molecule has 1 atom stereocenters. The number of anilines is 1. The second-order valence-corrected chi connectivity index (χ2v) is 9.90. The smallest absolute Gasteiger partial charge is 0.161 e. The third-order valence-electron chi connectivity index (χ3n) is 6.91. The van der Waals surface area contributed by atoms with Crippen molar-refractivity contribution in [3.8, 4) is 17.9 Å². The summed E-state index contributed by atoms with van der Waals surface area (Å²) in [6.07, 6.45) is 5.88. The summed E-state index contributed by atoms with van der Waals surface area (Å²) in [5, 5.41) is 21.0. The molecular weight excluding hydrogens is 444 g/mol. The van der Waals surface area contributed by atoms with Crippen molar-refractivity contribution in [2.45, 2.75) is 57.8 Å². The third-order valence-corrected chi connectivity index (χ3v) is 8.18. The van der Waals surface area contributed by atoms with Gasteiger partial charge >= 0.3 is 0 Å². The van der Waals surface area contributed by atoms with Gasteiger partial charge in [0.25, 0.3) is 0 Å². The first-order valence-corrected chi connectivity index (χ1v) is 12.6. The molecule has 1 aromatic heterocycles. The van der Waals surface area contributed by atoms with Gasteiger partial charge in [-0.2, -0.15) is 10.5 Å². The highest BCUT2D eigenvalue weighted by Crippen LogP contribution is 2.50. The number of nitriles is 2. The van der Waals surface area contributed by atoms with Crippen LogP contribution >= 0.6 is 11.3 Å². The van der Waals surface area contributed by atoms with Crippen molar-refractivity contribution in [2.24, 2.45) is 5.73 Å². The zero-order chi connectivity index (χ0) is 23.8. The highest BCUT2D eigenvalue weighted by molar-refractivity contribution is 7.16. The van der Waals surface area contributed by atoms with E-state index in [1.54, 1.807) is 11.3 Å². The summed E-state index contributed by atoms with van der Waals surface area (Å²) < 4.78 is 5.57. The maximum Gasteiger partial charge on any atom is 0.161 e. The van der Waals surface area contributed by atoms with Gasteiger partial charge in [0.1, 0.15) is 22.6 Å². The van der Waals surface area contributed by atoms with E-state index in [4.69, 9.17) is 10.5 Å². The van der Waals surface area contributed by atoms with Gasteiger partial charge in [0.2, 0.25) is 0 Å². The molecule has 0 bridgehead atoms. The molecule has 7 heteroatoms. The van der Waals surface area contributed by atoms with Gasteiger partial charge in [-0.3, -0.25) is 9.69 Å². The molecule has 6 nitrogen and oxygen atoms in total. The van der Waals surface area contributed by atoms with Crippen LogP contribution in [0, 0.1) is 22.7 Å². The lowest BCUT2D eigenvalue weighted by atomic mass is 9.75. The lowest BCUT2D eigenvalue weighted by Crippen LogP contribution is -2.38. The quantitative estimate of drug-likeness (QED) is 0.659. The van der Waals surface area contributed by atoms with Crippen LogP contribution in [0.3, 0.4) is 0 Å². The molecule has 0 radical (unpaired) electrons. The number of hydrogen-bond acceptors (Lipinski definition) is 7. The number of benzene rings is 1. The Morgan fingerprint density at radius 3 is 2.56 bits per heavy atom. The minimum absolute atomic E-state index is 0.0465. The van der Waals surface area contributed by atoms with E-state index in [9.17, 15) is 15.3 Å². The van der Waals surface area contributed by atoms with Gasteiger partial charge in [-0.05, 0) is 68.7 Å². The van der Waals surface area contributed by atoms with Crippen LogP contribution in [0.4, 0.5) is 5.00 Å². The van der Waals surface area contributed by atoms with Crippen LogP contribution in [0.2, 0.25) is 0 Å². The number of fused-ring (bicyclic) bond motifs is 1. The number of allylic oxidation sites excluding steroid dienone is 3. The van der Waals surface area contributed by atoms with E-state index >= 15 is 0 Å².